The molecule has 0 fully saturated rings. The number of rotatable bonds is 6. The standard InChI is InChI=1S/C22H18N4O2/c27-21(19-7-3-1-4-8-19)25-23-15-17-11-13-18(14-12-17)16-24-26-22(28)20-9-5-2-6-10-20/h1-16H,(H,25,27)(H,26,28)/b23-15-,24-16-. The summed E-state index contributed by atoms with van der Waals surface area (Å²) < 4.78 is 0. The number of hydrazone groups is 2. The molecular formula is C22H18N4O2. The molecule has 6 nitrogen and oxygen atoms in total. The molecule has 3 rings (SSSR count). The quantitative estimate of drug-likeness (QED) is 0.516. The zero-order chi connectivity index (χ0) is 19.6. The molecule has 0 aliphatic carbocycles. The molecular weight excluding hydrogens is 352 g/mol. The number of carbonyl (C=O) groups is 2. The van der Waals surface area contributed by atoms with Crippen LogP contribution in [0, 0.1) is 0 Å². The Morgan fingerprint density at radius 2 is 0.929 bits per heavy atom. The van der Waals surface area contributed by atoms with Gasteiger partial charge in [-0.3, -0.25) is 9.59 Å². The molecule has 0 atom stereocenters. The van der Waals surface area contributed by atoms with Crippen LogP contribution in [0.3, 0.4) is 0 Å². The van der Waals surface area contributed by atoms with Crippen molar-refractivity contribution in [3.05, 3.63) is 107 Å². The van der Waals surface area contributed by atoms with E-state index in [4.69, 9.17) is 0 Å². The lowest BCUT2D eigenvalue weighted by Gasteiger charge is -2.00. The summed E-state index contributed by atoms with van der Waals surface area (Å²) in [5, 5.41) is 7.90. The van der Waals surface area contributed by atoms with E-state index < -0.39 is 0 Å². The zero-order valence-electron chi connectivity index (χ0n) is 14.9. The summed E-state index contributed by atoms with van der Waals surface area (Å²) in [5.41, 5.74) is 7.69. The lowest BCUT2D eigenvalue weighted by Crippen LogP contribution is -2.17. The lowest BCUT2D eigenvalue weighted by molar-refractivity contribution is 0.0947. The monoisotopic (exact) mass is 370 g/mol. The third kappa shape index (κ3) is 5.47. The summed E-state index contributed by atoms with van der Waals surface area (Å²) in [7, 11) is 0. The fourth-order valence-electron chi connectivity index (χ4n) is 2.31. The van der Waals surface area contributed by atoms with Crippen molar-refractivity contribution in [1.82, 2.24) is 10.9 Å². The largest absolute Gasteiger partial charge is 0.271 e. The third-order valence-electron chi connectivity index (χ3n) is 3.77. The molecule has 6 heteroatoms. The number of benzene rings is 3. The molecule has 0 aliphatic rings. The summed E-state index contributed by atoms with van der Waals surface area (Å²) in [6.45, 7) is 0. The molecule has 2 amide bonds. The molecule has 0 aromatic heterocycles. The van der Waals surface area contributed by atoms with Crippen molar-refractivity contribution in [3.63, 3.8) is 0 Å². The van der Waals surface area contributed by atoms with Gasteiger partial charge >= 0.3 is 0 Å². The van der Waals surface area contributed by atoms with Crippen LogP contribution >= 0.6 is 0 Å². The Hall–Kier alpha value is -4.06. The van der Waals surface area contributed by atoms with Crippen LogP contribution in [0.4, 0.5) is 0 Å². The van der Waals surface area contributed by atoms with Gasteiger partial charge < -0.3 is 0 Å². The van der Waals surface area contributed by atoms with Crippen LogP contribution in [-0.4, -0.2) is 24.2 Å². The molecule has 0 unspecified atom stereocenters. The van der Waals surface area contributed by atoms with E-state index in [-0.39, 0.29) is 11.8 Å². The molecule has 0 saturated carbocycles. The summed E-state index contributed by atoms with van der Waals surface area (Å²) in [6.07, 6.45) is 3.11. The maximum atomic E-state index is 11.9. The Bertz CT molecular complexity index is 900. The van der Waals surface area contributed by atoms with Crippen molar-refractivity contribution in [2.24, 2.45) is 10.2 Å². The van der Waals surface area contributed by atoms with Gasteiger partial charge in [0.05, 0.1) is 12.4 Å². The minimum Gasteiger partial charge on any atom is -0.267 e. The second-order valence-corrected chi connectivity index (χ2v) is 5.80. The van der Waals surface area contributed by atoms with E-state index in [1.807, 2.05) is 36.4 Å². The smallest absolute Gasteiger partial charge is 0.267 e. The first kappa shape index (κ1) is 18.7. The van der Waals surface area contributed by atoms with Gasteiger partial charge in [-0.15, -0.1) is 0 Å². The van der Waals surface area contributed by atoms with Crippen LogP contribution < -0.4 is 10.9 Å². The Morgan fingerprint density at radius 1 is 0.571 bits per heavy atom. The van der Waals surface area contributed by atoms with Gasteiger partial charge in [0, 0.05) is 11.1 Å². The van der Waals surface area contributed by atoms with Gasteiger partial charge in [0.15, 0.2) is 0 Å². The predicted octanol–water partition coefficient (Wildman–Crippen LogP) is 3.21. The van der Waals surface area contributed by atoms with Crippen LogP contribution in [0.25, 0.3) is 0 Å². The molecule has 0 radical (unpaired) electrons. The summed E-state index contributed by atoms with van der Waals surface area (Å²) >= 11 is 0. The maximum absolute atomic E-state index is 11.9. The van der Waals surface area contributed by atoms with E-state index >= 15 is 0 Å². The summed E-state index contributed by atoms with van der Waals surface area (Å²) in [4.78, 5) is 23.8. The summed E-state index contributed by atoms with van der Waals surface area (Å²) in [6, 6.07) is 25.1. The topological polar surface area (TPSA) is 82.9 Å². The third-order valence-corrected chi connectivity index (χ3v) is 3.77. The molecule has 2 N–H and O–H groups in total. The molecule has 0 heterocycles. The Morgan fingerprint density at radius 3 is 1.29 bits per heavy atom. The van der Waals surface area contributed by atoms with Gasteiger partial charge in [-0.05, 0) is 35.4 Å². The first-order valence-corrected chi connectivity index (χ1v) is 8.59. The van der Waals surface area contributed by atoms with Gasteiger partial charge in [-0.1, -0.05) is 60.7 Å². The first-order chi connectivity index (χ1) is 13.7. The molecule has 0 saturated heterocycles. The number of hydrogen-bond donors (Lipinski definition) is 2. The highest BCUT2D eigenvalue weighted by atomic mass is 16.2. The van der Waals surface area contributed by atoms with Gasteiger partial charge in [-0.25, -0.2) is 10.9 Å². The SMILES string of the molecule is O=C(N/N=C\c1ccc(/C=N\NC(=O)c2ccccc2)cc1)c1ccccc1. The van der Waals surface area contributed by atoms with Crippen LogP contribution in [0.2, 0.25) is 0 Å². The van der Waals surface area contributed by atoms with Crippen LogP contribution in [0.15, 0.2) is 95.1 Å². The van der Waals surface area contributed by atoms with Crippen LogP contribution in [-0.2, 0) is 0 Å². The molecule has 0 spiro atoms. The van der Waals surface area contributed by atoms with E-state index in [0.29, 0.717) is 11.1 Å². The molecule has 28 heavy (non-hydrogen) atoms. The van der Waals surface area contributed by atoms with Crippen molar-refractivity contribution in [1.29, 1.82) is 0 Å². The van der Waals surface area contributed by atoms with E-state index in [0.717, 1.165) is 11.1 Å². The van der Waals surface area contributed by atoms with Crippen molar-refractivity contribution in [2.75, 3.05) is 0 Å². The average Bonchev–Trinajstić information content (AvgIpc) is 2.76. The fourth-order valence-corrected chi connectivity index (χ4v) is 2.31. The molecule has 138 valence electrons. The number of carbonyl (C=O) groups excluding carboxylic acids is 2. The predicted molar refractivity (Wildman–Crippen MR) is 109 cm³/mol. The highest BCUT2D eigenvalue weighted by molar-refractivity contribution is 5.95. The van der Waals surface area contributed by atoms with E-state index in [1.54, 1.807) is 61.0 Å². The summed E-state index contributed by atoms with van der Waals surface area (Å²) in [5.74, 6) is -0.537. The highest BCUT2D eigenvalue weighted by Crippen LogP contribution is 2.02. The second kappa shape index (κ2) is 9.59. The zero-order valence-corrected chi connectivity index (χ0v) is 14.9. The van der Waals surface area contributed by atoms with Crippen molar-refractivity contribution in [2.45, 2.75) is 0 Å². The average molecular weight is 370 g/mol. The number of nitrogens with zero attached hydrogens (tertiary/aromatic N) is 2. The fraction of sp³-hybridized carbons (Fsp3) is 0. The minimum absolute atomic E-state index is 0.269. The maximum Gasteiger partial charge on any atom is 0.271 e. The molecule has 0 bridgehead atoms. The van der Waals surface area contributed by atoms with E-state index in [9.17, 15) is 9.59 Å². The lowest BCUT2D eigenvalue weighted by atomic mass is 10.2. The van der Waals surface area contributed by atoms with Crippen molar-refractivity contribution >= 4 is 24.2 Å². The molecule has 3 aromatic carbocycles. The van der Waals surface area contributed by atoms with E-state index in [2.05, 4.69) is 21.1 Å². The van der Waals surface area contributed by atoms with Crippen molar-refractivity contribution in [3.8, 4) is 0 Å². The number of amides is 2. The normalized spacial score (nSPS) is 10.9. The Kier molecular flexibility index (Phi) is 6.41. The highest BCUT2D eigenvalue weighted by Gasteiger charge is 2.02. The van der Waals surface area contributed by atoms with Gasteiger partial charge in [0.1, 0.15) is 0 Å². The minimum atomic E-state index is -0.269. The molecule has 0 aliphatic heterocycles. The second-order valence-electron chi connectivity index (χ2n) is 5.80. The molecule has 3 aromatic rings. The van der Waals surface area contributed by atoms with Crippen LogP contribution in [0.1, 0.15) is 31.8 Å². The first-order valence-electron chi connectivity index (χ1n) is 8.59. The van der Waals surface area contributed by atoms with Crippen LogP contribution in [0.5, 0.6) is 0 Å². The Labute approximate surface area is 162 Å². The number of hydrogen-bond acceptors (Lipinski definition) is 4. The number of nitrogens with one attached hydrogen (secondary N) is 2. The van der Waals surface area contributed by atoms with E-state index in [1.165, 1.54) is 0 Å². The van der Waals surface area contributed by atoms with Gasteiger partial charge in [0.25, 0.3) is 11.8 Å². The Balaban J connectivity index is 1.50. The van der Waals surface area contributed by atoms with Gasteiger partial charge in [0.2, 0.25) is 0 Å². The van der Waals surface area contributed by atoms with Gasteiger partial charge in [-0.2, -0.15) is 10.2 Å². The van der Waals surface area contributed by atoms with Crippen molar-refractivity contribution < 1.29 is 9.59 Å².